The molecule has 1 fully saturated rings. The summed E-state index contributed by atoms with van der Waals surface area (Å²) >= 11 is 2.96. The molecule has 0 aliphatic carbocycles. The number of hydrogen-bond acceptors (Lipinski definition) is 2. The molecule has 1 heterocycles. The van der Waals surface area contributed by atoms with E-state index >= 15 is 0 Å². The molecule has 1 saturated heterocycles. The Bertz CT molecular complexity index is 490. The molecular formula is C9H8BrF2NOS. The van der Waals surface area contributed by atoms with Crippen molar-refractivity contribution in [3.05, 3.63) is 28.2 Å². The minimum absolute atomic E-state index is 0.306. The van der Waals surface area contributed by atoms with E-state index in [4.69, 9.17) is 0 Å². The van der Waals surface area contributed by atoms with Gasteiger partial charge in [0.1, 0.15) is 5.69 Å². The summed E-state index contributed by atoms with van der Waals surface area (Å²) in [7, 11) is -2.37. The van der Waals surface area contributed by atoms with Gasteiger partial charge >= 0.3 is 0 Å². The van der Waals surface area contributed by atoms with Crippen LogP contribution in [0.4, 0.5) is 14.5 Å². The van der Waals surface area contributed by atoms with Gasteiger partial charge in [0.25, 0.3) is 0 Å². The lowest BCUT2D eigenvalue weighted by Crippen LogP contribution is -2.23. The molecule has 1 aromatic rings. The highest BCUT2D eigenvalue weighted by atomic mass is 79.9. The van der Waals surface area contributed by atoms with Crippen molar-refractivity contribution in [2.75, 3.05) is 11.5 Å². The van der Waals surface area contributed by atoms with Gasteiger partial charge in [0.2, 0.25) is 0 Å². The van der Waals surface area contributed by atoms with Crippen LogP contribution in [-0.2, 0) is 9.73 Å². The Kier molecular flexibility index (Phi) is 2.81. The second-order valence-corrected chi connectivity index (χ2v) is 6.80. The standard InChI is InChI=1S/C9H8BrF2NOS/c10-6-4-7(11)9(8(12)5-6)13-15(14)2-1-3-15/h4-5H,1-3H2. The largest absolute Gasteiger partial charge is 0.249 e. The molecule has 1 aliphatic rings. The maximum Gasteiger partial charge on any atom is 0.153 e. The van der Waals surface area contributed by atoms with Gasteiger partial charge in [-0.05, 0) is 18.6 Å². The smallest absolute Gasteiger partial charge is 0.153 e. The van der Waals surface area contributed by atoms with E-state index in [2.05, 4.69) is 20.3 Å². The number of rotatable bonds is 1. The predicted molar refractivity (Wildman–Crippen MR) is 58.6 cm³/mol. The Balaban J connectivity index is 2.54. The molecule has 2 nitrogen and oxygen atoms in total. The normalized spacial score (nSPS) is 18.3. The summed E-state index contributed by atoms with van der Waals surface area (Å²) in [4.78, 5) is 0. The highest BCUT2D eigenvalue weighted by Crippen LogP contribution is 2.29. The van der Waals surface area contributed by atoms with Gasteiger partial charge < -0.3 is 0 Å². The number of hydrogen-bond donors (Lipinski definition) is 0. The molecule has 15 heavy (non-hydrogen) atoms. The van der Waals surface area contributed by atoms with Crippen LogP contribution in [0.25, 0.3) is 0 Å². The zero-order valence-electron chi connectivity index (χ0n) is 7.67. The molecule has 0 atom stereocenters. The van der Waals surface area contributed by atoms with E-state index in [1.165, 1.54) is 0 Å². The van der Waals surface area contributed by atoms with E-state index in [9.17, 15) is 13.0 Å². The SMILES string of the molecule is O=S1(=Nc2c(F)cc(Br)cc2F)CCC1. The fraction of sp³-hybridized carbons (Fsp3) is 0.333. The van der Waals surface area contributed by atoms with Gasteiger partial charge in [-0.3, -0.25) is 0 Å². The molecule has 82 valence electrons. The van der Waals surface area contributed by atoms with Gasteiger partial charge in [0.05, 0.1) is 9.73 Å². The summed E-state index contributed by atoms with van der Waals surface area (Å²) in [6.07, 6.45) is 0.808. The number of nitrogens with zero attached hydrogens (tertiary/aromatic N) is 1. The van der Waals surface area contributed by atoms with Crippen LogP contribution in [0.2, 0.25) is 0 Å². The first kappa shape index (κ1) is 11.0. The Hall–Kier alpha value is -0.490. The van der Waals surface area contributed by atoms with Crippen LogP contribution in [0.5, 0.6) is 0 Å². The Morgan fingerprint density at radius 1 is 1.27 bits per heavy atom. The second kappa shape index (κ2) is 3.83. The third-order valence-electron chi connectivity index (χ3n) is 2.17. The summed E-state index contributed by atoms with van der Waals surface area (Å²) in [6, 6.07) is 2.23. The van der Waals surface area contributed by atoms with Crippen LogP contribution in [0.1, 0.15) is 6.42 Å². The minimum atomic E-state index is -2.37. The van der Waals surface area contributed by atoms with Crippen LogP contribution < -0.4 is 0 Å². The second-order valence-electron chi connectivity index (χ2n) is 3.34. The van der Waals surface area contributed by atoms with Crippen LogP contribution in [0.3, 0.4) is 0 Å². The zero-order chi connectivity index (χ0) is 11.1. The molecule has 0 bridgehead atoms. The Labute approximate surface area is 95.0 Å². The lowest BCUT2D eigenvalue weighted by Gasteiger charge is -2.18. The van der Waals surface area contributed by atoms with Gasteiger partial charge in [-0.25, -0.2) is 13.0 Å². The molecule has 6 heteroatoms. The lowest BCUT2D eigenvalue weighted by atomic mass is 10.3. The molecular weight excluding hydrogens is 288 g/mol. The van der Waals surface area contributed by atoms with E-state index in [0.29, 0.717) is 16.0 Å². The molecule has 0 amide bonds. The van der Waals surface area contributed by atoms with Crippen LogP contribution in [-0.4, -0.2) is 15.7 Å². The van der Waals surface area contributed by atoms with Crippen molar-refractivity contribution in [3.63, 3.8) is 0 Å². The van der Waals surface area contributed by atoms with Gasteiger partial charge in [-0.15, -0.1) is 0 Å². The molecule has 1 aromatic carbocycles. The van der Waals surface area contributed by atoms with Gasteiger partial charge in [-0.1, -0.05) is 15.9 Å². The van der Waals surface area contributed by atoms with Crippen molar-refractivity contribution >= 4 is 31.3 Å². The lowest BCUT2D eigenvalue weighted by molar-refractivity contribution is 0.585. The van der Waals surface area contributed by atoms with E-state index in [1.807, 2.05) is 0 Å². The molecule has 0 aromatic heterocycles. The quantitative estimate of drug-likeness (QED) is 0.782. The maximum atomic E-state index is 13.3. The van der Waals surface area contributed by atoms with Crippen molar-refractivity contribution in [1.29, 1.82) is 0 Å². The van der Waals surface area contributed by atoms with Gasteiger partial charge in [-0.2, -0.15) is 4.36 Å². The third-order valence-corrected chi connectivity index (χ3v) is 4.99. The van der Waals surface area contributed by atoms with Crippen molar-refractivity contribution < 1.29 is 13.0 Å². The fourth-order valence-electron chi connectivity index (χ4n) is 1.27. The van der Waals surface area contributed by atoms with Crippen molar-refractivity contribution in [3.8, 4) is 0 Å². The van der Waals surface area contributed by atoms with E-state index < -0.39 is 27.1 Å². The van der Waals surface area contributed by atoms with Crippen molar-refractivity contribution in [2.45, 2.75) is 6.42 Å². The van der Waals surface area contributed by atoms with Crippen LogP contribution in [0, 0.1) is 11.6 Å². The van der Waals surface area contributed by atoms with Crippen molar-refractivity contribution in [1.82, 2.24) is 0 Å². The average molecular weight is 296 g/mol. The summed E-state index contributed by atoms with van der Waals surface area (Å²) in [6.45, 7) is 0. The number of benzene rings is 1. The first-order valence-corrected chi connectivity index (χ1v) is 7.02. The summed E-state index contributed by atoms with van der Waals surface area (Å²) in [5, 5.41) is 0. The zero-order valence-corrected chi connectivity index (χ0v) is 10.1. The van der Waals surface area contributed by atoms with Crippen LogP contribution in [0.15, 0.2) is 21.0 Å². The Morgan fingerprint density at radius 3 is 2.20 bits per heavy atom. The molecule has 0 spiro atoms. The molecule has 2 rings (SSSR count). The number of halogens is 3. The third kappa shape index (κ3) is 2.20. The monoisotopic (exact) mass is 295 g/mol. The summed E-state index contributed by atoms with van der Waals surface area (Å²) in [5.41, 5.74) is -0.414. The van der Waals surface area contributed by atoms with E-state index in [-0.39, 0.29) is 0 Å². The molecule has 0 N–H and O–H groups in total. The van der Waals surface area contributed by atoms with Crippen molar-refractivity contribution in [2.24, 2.45) is 4.36 Å². The minimum Gasteiger partial charge on any atom is -0.249 e. The maximum absolute atomic E-state index is 13.3. The topological polar surface area (TPSA) is 29.4 Å². The first-order chi connectivity index (χ1) is 7.00. The highest BCUT2D eigenvalue weighted by Gasteiger charge is 2.21. The van der Waals surface area contributed by atoms with E-state index in [0.717, 1.165) is 18.6 Å². The molecule has 1 aliphatic heterocycles. The van der Waals surface area contributed by atoms with Gasteiger partial charge in [0, 0.05) is 16.0 Å². The molecule has 0 radical (unpaired) electrons. The average Bonchev–Trinajstić information content (AvgIpc) is 2.08. The predicted octanol–water partition coefficient (Wildman–Crippen LogP) is 3.23. The van der Waals surface area contributed by atoms with Gasteiger partial charge in [0.15, 0.2) is 11.6 Å². The summed E-state index contributed by atoms with van der Waals surface area (Å²) < 4.78 is 42.3. The summed E-state index contributed by atoms with van der Waals surface area (Å²) in [5.74, 6) is -0.697. The Morgan fingerprint density at radius 2 is 1.80 bits per heavy atom. The highest BCUT2D eigenvalue weighted by molar-refractivity contribution is 9.10. The molecule has 0 saturated carbocycles. The molecule has 0 unspecified atom stereocenters. The van der Waals surface area contributed by atoms with E-state index in [1.54, 1.807) is 0 Å². The first-order valence-electron chi connectivity index (χ1n) is 4.37. The fourth-order valence-corrected chi connectivity index (χ4v) is 3.15. The van der Waals surface area contributed by atoms with Crippen LogP contribution >= 0.6 is 15.9 Å².